The molecule has 5 nitrogen and oxygen atoms in total. The maximum absolute atomic E-state index is 12.5. The highest BCUT2D eigenvalue weighted by Gasteiger charge is 2.49. The van der Waals surface area contributed by atoms with Crippen LogP contribution in [0, 0.1) is 23.7 Å². The highest BCUT2D eigenvalue weighted by Crippen LogP contribution is 2.48. The van der Waals surface area contributed by atoms with Crippen LogP contribution in [0.25, 0.3) is 0 Å². The molecule has 5 heteroatoms. The molecule has 18 heavy (non-hydrogen) atoms. The first-order chi connectivity index (χ1) is 8.68. The third kappa shape index (κ3) is 1.73. The number of aliphatic carboxylic acids is 1. The topological polar surface area (TPSA) is 69.7 Å². The van der Waals surface area contributed by atoms with Gasteiger partial charge in [-0.05, 0) is 18.3 Å². The minimum Gasteiger partial charge on any atom is -0.550 e. The molecule has 0 spiro atoms. The maximum atomic E-state index is 12.5. The highest BCUT2D eigenvalue weighted by atomic mass is 16.5. The van der Waals surface area contributed by atoms with Gasteiger partial charge in [0.1, 0.15) is 0 Å². The molecule has 2 aliphatic carbocycles. The standard InChI is InChI=1S/C13H17NO4/c15-12(14-3-5-18-6-4-14)10-8-1-2-9(7-8)11(10)13(16)17/h1-2,8-11H,3-7H2,(H,16,17)/p-1/t8-,9+,10+,11+/m1/s1. The van der Waals surface area contributed by atoms with Gasteiger partial charge in [0.15, 0.2) is 0 Å². The van der Waals surface area contributed by atoms with Gasteiger partial charge in [-0.3, -0.25) is 4.79 Å². The van der Waals surface area contributed by atoms with Crippen LogP contribution < -0.4 is 5.11 Å². The van der Waals surface area contributed by atoms with E-state index >= 15 is 0 Å². The van der Waals surface area contributed by atoms with Gasteiger partial charge in [-0.25, -0.2) is 0 Å². The van der Waals surface area contributed by atoms with Gasteiger partial charge < -0.3 is 19.5 Å². The van der Waals surface area contributed by atoms with Crippen molar-refractivity contribution < 1.29 is 19.4 Å². The molecular formula is C13H16NO4-. The Bertz CT molecular complexity index is 400. The van der Waals surface area contributed by atoms with Crippen molar-refractivity contribution in [2.75, 3.05) is 26.3 Å². The number of nitrogens with zero attached hydrogens (tertiary/aromatic N) is 1. The van der Waals surface area contributed by atoms with Crippen LogP contribution in [0.4, 0.5) is 0 Å². The summed E-state index contributed by atoms with van der Waals surface area (Å²) in [5.74, 6) is -2.13. The predicted molar refractivity (Wildman–Crippen MR) is 60.1 cm³/mol. The van der Waals surface area contributed by atoms with Crippen LogP contribution in [0.1, 0.15) is 6.42 Å². The molecule has 0 aromatic carbocycles. The maximum Gasteiger partial charge on any atom is 0.227 e. The summed E-state index contributed by atoms with van der Waals surface area (Å²) in [4.78, 5) is 25.4. The molecule has 0 aromatic heterocycles. The number of carbonyl (C=O) groups is 2. The van der Waals surface area contributed by atoms with Crippen LogP contribution in [-0.2, 0) is 14.3 Å². The Balaban J connectivity index is 1.79. The summed E-state index contributed by atoms with van der Waals surface area (Å²) in [7, 11) is 0. The van der Waals surface area contributed by atoms with Gasteiger partial charge in [0.05, 0.1) is 19.1 Å². The van der Waals surface area contributed by atoms with Gasteiger partial charge in [0.25, 0.3) is 0 Å². The second-order valence-corrected chi connectivity index (χ2v) is 5.26. The fourth-order valence-corrected chi connectivity index (χ4v) is 3.47. The predicted octanol–water partition coefficient (Wildman–Crippen LogP) is -0.967. The van der Waals surface area contributed by atoms with Crippen molar-refractivity contribution in [1.82, 2.24) is 4.90 Å². The second kappa shape index (κ2) is 4.39. The first kappa shape index (κ1) is 11.7. The van der Waals surface area contributed by atoms with Crippen molar-refractivity contribution in [3.63, 3.8) is 0 Å². The molecule has 1 heterocycles. The van der Waals surface area contributed by atoms with E-state index in [0.717, 1.165) is 6.42 Å². The molecule has 3 aliphatic rings. The van der Waals surface area contributed by atoms with Crippen molar-refractivity contribution in [2.24, 2.45) is 23.7 Å². The van der Waals surface area contributed by atoms with E-state index in [1.54, 1.807) is 4.90 Å². The Morgan fingerprint density at radius 1 is 1.11 bits per heavy atom. The molecule has 2 bridgehead atoms. The van der Waals surface area contributed by atoms with E-state index < -0.39 is 17.8 Å². The number of hydrogen-bond donors (Lipinski definition) is 0. The minimum atomic E-state index is -1.08. The molecule has 0 aromatic rings. The van der Waals surface area contributed by atoms with E-state index in [4.69, 9.17) is 4.74 Å². The van der Waals surface area contributed by atoms with E-state index in [9.17, 15) is 14.7 Å². The number of carbonyl (C=O) groups excluding carboxylic acids is 2. The lowest BCUT2D eigenvalue weighted by molar-refractivity contribution is -0.313. The summed E-state index contributed by atoms with van der Waals surface area (Å²) in [5.41, 5.74) is 0. The van der Waals surface area contributed by atoms with E-state index in [-0.39, 0.29) is 17.7 Å². The number of morpholine rings is 1. The van der Waals surface area contributed by atoms with Crippen molar-refractivity contribution in [2.45, 2.75) is 6.42 Å². The number of hydrogen-bond acceptors (Lipinski definition) is 4. The zero-order chi connectivity index (χ0) is 12.7. The zero-order valence-corrected chi connectivity index (χ0v) is 10.1. The molecule has 98 valence electrons. The Hall–Kier alpha value is -1.36. The van der Waals surface area contributed by atoms with Gasteiger partial charge in [-0.1, -0.05) is 12.2 Å². The Morgan fingerprint density at radius 2 is 1.72 bits per heavy atom. The molecule has 0 radical (unpaired) electrons. The Labute approximate surface area is 105 Å². The lowest BCUT2D eigenvalue weighted by Gasteiger charge is -2.34. The molecule has 1 saturated heterocycles. The fraction of sp³-hybridized carbons (Fsp3) is 0.692. The average Bonchev–Trinajstić information content (AvgIpc) is 2.99. The van der Waals surface area contributed by atoms with Crippen LogP contribution in [0.3, 0.4) is 0 Å². The summed E-state index contributed by atoms with van der Waals surface area (Å²) < 4.78 is 5.21. The van der Waals surface area contributed by atoms with E-state index in [2.05, 4.69) is 0 Å². The smallest absolute Gasteiger partial charge is 0.227 e. The Morgan fingerprint density at radius 3 is 2.33 bits per heavy atom. The molecule has 4 atom stereocenters. The van der Waals surface area contributed by atoms with Gasteiger partial charge in [-0.15, -0.1) is 0 Å². The van der Waals surface area contributed by atoms with Crippen molar-refractivity contribution >= 4 is 11.9 Å². The third-order valence-electron chi connectivity index (χ3n) is 4.34. The SMILES string of the molecule is O=C([O-])[C@@H]1[C@@H](C(=O)N2CCOCC2)[C@@H]2C=C[C@H]1C2. The summed E-state index contributed by atoms with van der Waals surface area (Å²) in [6.45, 7) is 2.21. The van der Waals surface area contributed by atoms with Crippen LogP contribution in [0.15, 0.2) is 12.2 Å². The second-order valence-electron chi connectivity index (χ2n) is 5.26. The van der Waals surface area contributed by atoms with Crippen LogP contribution >= 0.6 is 0 Å². The number of amides is 1. The normalized spacial score (nSPS) is 38.1. The summed E-state index contributed by atoms with van der Waals surface area (Å²) >= 11 is 0. The number of carboxylic acid groups (broad SMARTS) is 1. The number of ether oxygens (including phenoxy) is 1. The van der Waals surface area contributed by atoms with Crippen molar-refractivity contribution in [3.05, 3.63) is 12.2 Å². The highest BCUT2D eigenvalue weighted by molar-refractivity contribution is 5.86. The van der Waals surface area contributed by atoms with Crippen LogP contribution in [0.5, 0.6) is 0 Å². The molecule has 3 rings (SSSR count). The molecule has 1 saturated carbocycles. The molecule has 0 unspecified atom stereocenters. The lowest BCUT2D eigenvalue weighted by atomic mass is 9.82. The van der Waals surface area contributed by atoms with E-state index in [1.165, 1.54) is 0 Å². The number of carboxylic acids is 1. The van der Waals surface area contributed by atoms with Gasteiger partial charge in [-0.2, -0.15) is 0 Å². The summed E-state index contributed by atoms with van der Waals surface area (Å²) in [6.07, 6.45) is 4.70. The molecule has 1 aliphatic heterocycles. The number of rotatable bonds is 2. The van der Waals surface area contributed by atoms with Crippen molar-refractivity contribution in [3.8, 4) is 0 Å². The summed E-state index contributed by atoms with van der Waals surface area (Å²) in [5, 5.41) is 11.2. The molecule has 0 N–H and O–H groups in total. The first-order valence-corrected chi connectivity index (χ1v) is 6.44. The Kier molecular flexibility index (Phi) is 2.86. The third-order valence-corrected chi connectivity index (χ3v) is 4.34. The largest absolute Gasteiger partial charge is 0.550 e. The molecule has 1 amide bonds. The average molecular weight is 250 g/mol. The molecule has 2 fully saturated rings. The quantitative estimate of drug-likeness (QED) is 0.591. The summed E-state index contributed by atoms with van der Waals surface area (Å²) in [6, 6.07) is 0. The van der Waals surface area contributed by atoms with Crippen LogP contribution in [-0.4, -0.2) is 43.1 Å². The van der Waals surface area contributed by atoms with Gasteiger partial charge >= 0.3 is 0 Å². The van der Waals surface area contributed by atoms with Crippen LogP contribution in [0.2, 0.25) is 0 Å². The van der Waals surface area contributed by atoms with Gasteiger partial charge in [0, 0.05) is 25.0 Å². The monoisotopic (exact) mass is 250 g/mol. The first-order valence-electron chi connectivity index (χ1n) is 6.44. The van der Waals surface area contributed by atoms with E-state index in [1.807, 2.05) is 12.2 Å². The fourth-order valence-electron chi connectivity index (χ4n) is 3.47. The number of allylic oxidation sites excluding steroid dienone is 2. The van der Waals surface area contributed by atoms with Crippen molar-refractivity contribution in [1.29, 1.82) is 0 Å². The molecular weight excluding hydrogens is 234 g/mol. The minimum absolute atomic E-state index is 0.0185. The van der Waals surface area contributed by atoms with Gasteiger partial charge in [0.2, 0.25) is 5.91 Å². The zero-order valence-electron chi connectivity index (χ0n) is 10.1. The lowest BCUT2D eigenvalue weighted by Crippen LogP contribution is -2.49. The number of fused-ring (bicyclic) bond motifs is 2. The van der Waals surface area contributed by atoms with E-state index in [0.29, 0.717) is 26.3 Å².